The number of hydrogen-bond donors (Lipinski definition) is 2. The van der Waals surface area contributed by atoms with Gasteiger partial charge in [-0.2, -0.15) is 5.10 Å². The van der Waals surface area contributed by atoms with Crippen LogP contribution in [0.5, 0.6) is 0 Å². The van der Waals surface area contributed by atoms with Gasteiger partial charge < -0.3 is 10.4 Å². The third-order valence-corrected chi connectivity index (χ3v) is 3.79. The van der Waals surface area contributed by atoms with Crippen LogP contribution in [0.25, 0.3) is 5.82 Å². The van der Waals surface area contributed by atoms with Gasteiger partial charge >= 0.3 is 0 Å². The largest absolute Gasteiger partial charge is 0.396 e. The molecule has 24 heavy (non-hydrogen) atoms. The fourth-order valence-electron chi connectivity index (χ4n) is 2.70. The van der Waals surface area contributed by atoms with Gasteiger partial charge in [0, 0.05) is 12.3 Å². The van der Waals surface area contributed by atoms with Crippen molar-refractivity contribution in [2.45, 2.75) is 26.3 Å². The highest BCUT2D eigenvalue weighted by Gasteiger charge is 2.13. The molecule has 1 atom stereocenters. The Morgan fingerprint density at radius 2 is 1.96 bits per heavy atom. The molecule has 0 aliphatic heterocycles. The zero-order valence-electron chi connectivity index (χ0n) is 13.8. The summed E-state index contributed by atoms with van der Waals surface area (Å²) in [6.07, 6.45) is 3.96. The predicted octanol–water partition coefficient (Wildman–Crippen LogP) is 2.81. The first kappa shape index (κ1) is 16.1. The van der Waals surface area contributed by atoms with Gasteiger partial charge in [-0.1, -0.05) is 30.3 Å². The molecule has 6 heteroatoms. The lowest BCUT2D eigenvalue weighted by molar-refractivity contribution is 0.280. The average molecular weight is 323 g/mol. The van der Waals surface area contributed by atoms with E-state index in [2.05, 4.69) is 20.4 Å². The van der Waals surface area contributed by atoms with Crippen molar-refractivity contribution in [1.82, 2.24) is 19.7 Å². The topological polar surface area (TPSA) is 75.9 Å². The molecule has 1 aromatic carbocycles. The van der Waals surface area contributed by atoms with E-state index in [4.69, 9.17) is 0 Å². The Morgan fingerprint density at radius 1 is 1.17 bits per heavy atom. The van der Waals surface area contributed by atoms with Crippen molar-refractivity contribution in [2.75, 3.05) is 11.9 Å². The van der Waals surface area contributed by atoms with Gasteiger partial charge in [0.1, 0.15) is 5.82 Å². The van der Waals surface area contributed by atoms with E-state index in [0.29, 0.717) is 18.1 Å². The van der Waals surface area contributed by atoms with Gasteiger partial charge in [0.15, 0.2) is 5.82 Å². The molecule has 0 saturated heterocycles. The fraction of sp³-hybridized carbons (Fsp3) is 0.278. The van der Waals surface area contributed by atoms with Crippen LogP contribution in [0.2, 0.25) is 0 Å². The zero-order valence-corrected chi connectivity index (χ0v) is 13.8. The van der Waals surface area contributed by atoms with Gasteiger partial charge in [-0.25, -0.2) is 9.67 Å². The number of anilines is 1. The van der Waals surface area contributed by atoms with Crippen LogP contribution in [0.3, 0.4) is 0 Å². The van der Waals surface area contributed by atoms with E-state index < -0.39 is 0 Å². The summed E-state index contributed by atoms with van der Waals surface area (Å²) in [7, 11) is 0. The smallest absolute Gasteiger partial charge is 0.174 e. The minimum absolute atomic E-state index is 0.0267. The Hall–Kier alpha value is -2.73. The monoisotopic (exact) mass is 323 g/mol. The second-order valence-corrected chi connectivity index (χ2v) is 5.72. The SMILES string of the molecule is Cc1cc(C)n(-c2cncc(N[C@@H](CCO)c3ccccc3)n2)n1. The average Bonchev–Trinajstić information content (AvgIpc) is 2.94. The number of rotatable bonds is 6. The molecule has 124 valence electrons. The second-order valence-electron chi connectivity index (χ2n) is 5.72. The summed E-state index contributed by atoms with van der Waals surface area (Å²) < 4.78 is 1.77. The minimum atomic E-state index is -0.0267. The maximum atomic E-state index is 9.36. The lowest BCUT2D eigenvalue weighted by Gasteiger charge is -2.19. The number of nitrogens with zero attached hydrogens (tertiary/aromatic N) is 4. The van der Waals surface area contributed by atoms with Crippen molar-refractivity contribution in [1.29, 1.82) is 0 Å². The molecular weight excluding hydrogens is 302 g/mol. The van der Waals surface area contributed by atoms with Gasteiger partial charge in [0.05, 0.1) is 24.1 Å². The van der Waals surface area contributed by atoms with Gasteiger partial charge in [-0.15, -0.1) is 0 Å². The van der Waals surface area contributed by atoms with E-state index in [1.165, 1.54) is 0 Å². The highest BCUT2D eigenvalue weighted by atomic mass is 16.3. The number of aliphatic hydroxyl groups is 1. The van der Waals surface area contributed by atoms with Crippen LogP contribution in [0.15, 0.2) is 48.8 Å². The molecule has 3 aromatic rings. The molecular formula is C18H21N5O. The van der Waals surface area contributed by atoms with Crippen molar-refractivity contribution < 1.29 is 5.11 Å². The van der Waals surface area contributed by atoms with Crippen molar-refractivity contribution >= 4 is 5.82 Å². The number of nitrogens with one attached hydrogen (secondary N) is 1. The predicted molar refractivity (Wildman–Crippen MR) is 93.1 cm³/mol. The number of aryl methyl sites for hydroxylation is 2. The van der Waals surface area contributed by atoms with E-state index in [9.17, 15) is 5.11 Å². The third kappa shape index (κ3) is 3.60. The first-order chi connectivity index (χ1) is 11.7. The molecule has 0 aliphatic carbocycles. The molecule has 0 bridgehead atoms. The Balaban J connectivity index is 1.86. The molecule has 0 amide bonds. The van der Waals surface area contributed by atoms with Crippen LogP contribution in [0, 0.1) is 13.8 Å². The van der Waals surface area contributed by atoms with Crippen molar-refractivity contribution in [3.63, 3.8) is 0 Å². The highest BCUT2D eigenvalue weighted by molar-refractivity contribution is 5.40. The Bertz CT molecular complexity index is 800. The number of aliphatic hydroxyl groups excluding tert-OH is 1. The quantitative estimate of drug-likeness (QED) is 0.729. The second kappa shape index (κ2) is 7.23. The Morgan fingerprint density at radius 3 is 2.62 bits per heavy atom. The normalized spacial score (nSPS) is 12.1. The van der Waals surface area contributed by atoms with Crippen molar-refractivity contribution in [2.24, 2.45) is 0 Å². The summed E-state index contributed by atoms with van der Waals surface area (Å²) >= 11 is 0. The first-order valence-corrected chi connectivity index (χ1v) is 7.95. The molecule has 0 aliphatic rings. The van der Waals surface area contributed by atoms with Gasteiger partial charge in [-0.3, -0.25) is 4.98 Å². The molecule has 0 fully saturated rings. The zero-order chi connectivity index (χ0) is 16.9. The van der Waals surface area contributed by atoms with Crippen LogP contribution in [-0.4, -0.2) is 31.5 Å². The van der Waals surface area contributed by atoms with E-state index in [-0.39, 0.29) is 12.6 Å². The van der Waals surface area contributed by atoms with E-state index in [1.807, 2.05) is 50.2 Å². The number of hydrogen-bond acceptors (Lipinski definition) is 5. The van der Waals surface area contributed by atoms with E-state index in [0.717, 1.165) is 17.0 Å². The highest BCUT2D eigenvalue weighted by Crippen LogP contribution is 2.21. The van der Waals surface area contributed by atoms with Crippen LogP contribution in [0.1, 0.15) is 29.4 Å². The molecule has 3 rings (SSSR count). The van der Waals surface area contributed by atoms with E-state index in [1.54, 1.807) is 17.1 Å². The summed E-state index contributed by atoms with van der Waals surface area (Å²) in [4.78, 5) is 8.88. The number of benzene rings is 1. The summed E-state index contributed by atoms with van der Waals surface area (Å²) in [5.74, 6) is 1.32. The van der Waals surface area contributed by atoms with Crippen LogP contribution < -0.4 is 5.32 Å². The molecule has 0 unspecified atom stereocenters. The minimum Gasteiger partial charge on any atom is -0.396 e. The molecule has 6 nitrogen and oxygen atoms in total. The summed E-state index contributed by atoms with van der Waals surface area (Å²) in [5, 5.41) is 17.2. The Labute approximate surface area is 141 Å². The van der Waals surface area contributed by atoms with Crippen LogP contribution >= 0.6 is 0 Å². The molecule has 2 N–H and O–H groups in total. The van der Waals surface area contributed by atoms with E-state index >= 15 is 0 Å². The van der Waals surface area contributed by atoms with Crippen LogP contribution in [-0.2, 0) is 0 Å². The van der Waals surface area contributed by atoms with Gasteiger partial charge in [0.25, 0.3) is 0 Å². The molecule has 2 heterocycles. The van der Waals surface area contributed by atoms with Crippen molar-refractivity contribution in [3.8, 4) is 5.82 Å². The summed E-state index contributed by atoms with van der Waals surface area (Å²) in [6.45, 7) is 4.03. The third-order valence-electron chi connectivity index (χ3n) is 3.79. The molecule has 0 spiro atoms. The van der Waals surface area contributed by atoms with Gasteiger partial charge in [-0.05, 0) is 31.9 Å². The Kier molecular flexibility index (Phi) is 4.86. The lowest BCUT2D eigenvalue weighted by Crippen LogP contribution is -2.14. The maximum absolute atomic E-state index is 9.36. The molecule has 0 radical (unpaired) electrons. The number of aromatic nitrogens is 4. The molecule has 2 aromatic heterocycles. The maximum Gasteiger partial charge on any atom is 0.174 e. The lowest BCUT2D eigenvalue weighted by atomic mass is 10.0. The fourth-order valence-corrected chi connectivity index (χ4v) is 2.70. The van der Waals surface area contributed by atoms with Gasteiger partial charge in [0.2, 0.25) is 0 Å². The first-order valence-electron chi connectivity index (χ1n) is 7.95. The summed E-state index contributed by atoms with van der Waals surface area (Å²) in [6, 6.07) is 12.0. The summed E-state index contributed by atoms with van der Waals surface area (Å²) in [5.41, 5.74) is 3.05. The molecule has 0 saturated carbocycles. The van der Waals surface area contributed by atoms with Crippen molar-refractivity contribution in [3.05, 3.63) is 65.7 Å². The standard InChI is InChI=1S/C18H21N5O/c1-13-10-14(2)23(22-13)18-12-19-11-17(21-18)20-16(8-9-24)15-6-4-3-5-7-15/h3-7,10-12,16,24H,8-9H2,1-2H3,(H,20,21)/t16-/m0/s1. The van der Waals surface area contributed by atoms with Crippen LogP contribution in [0.4, 0.5) is 5.82 Å².